The zero-order valence-electron chi connectivity index (χ0n) is 10.7. The highest BCUT2D eigenvalue weighted by Crippen LogP contribution is 2.32. The lowest BCUT2D eigenvalue weighted by atomic mass is 10.2. The molecule has 0 aliphatic heterocycles. The predicted molar refractivity (Wildman–Crippen MR) is 72.0 cm³/mol. The predicted octanol–water partition coefficient (Wildman–Crippen LogP) is 0.941. The number of hydrogen-bond acceptors (Lipinski definition) is 4. The number of nitrogens with one attached hydrogen (secondary N) is 2. The Morgan fingerprint density at radius 2 is 2.05 bits per heavy atom. The molecule has 102 valence electrons. The molecule has 2 rings (SSSR count). The highest BCUT2D eigenvalue weighted by molar-refractivity contribution is 6.01. The fraction of sp³-hybridized carbons (Fsp3) is 0.385. The molecule has 0 radical (unpaired) electrons. The van der Waals surface area contributed by atoms with Crippen molar-refractivity contribution in [3.63, 3.8) is 0 Å². The molecule has 0 atom stereocenters. The molecule has 0 saturated heterocycles. The first-order valence-corrected chi connectivity index (χ1v) is 6.13. The molecule has 1 fully saturated rings. The summed E-state index contributed by atoms with van der Waals surface area (Å²) in [7, 11) is 1.53. The normalized spacial score (nSPS) is 13.8. The minimum absolute atomic E-state index is 0.0200. The van der Waals surface area contributed by atoms with Gasteiger partial charge in [0.1, 0.15) is 5.75 Å². The van der Waals surface area contributed by atoms with Gasteiger partial charge >= 0.3 is 0 Å². The van der Waals surface area contributed by atoms with Crippen LogP contribution in [0.25, 0.3) is 0 Å². The summed E-state index contributed by atoms with van der Waals surface area (Å²) in [6, 6.07) is 5.07. The van der Waals surface area contributed by atoms with Crippen LogP contribution < -0.4 is 21.1 Å². The Morgan fingerprint density at radius 1 is 1.32 bits per heavy atom. The first kappa shape index (κ1) is 13.4. The molecule has 4 N–H and O–H groups in total. The maximum atomic E-state index is 11.8. The van der Waals surface area contributed by atoms with Crippen molar-refractivity contribution in [1.29, 1.82) is 0 Å². The lowest BCUT2D eigenvalue weighted by Crippen LogP contribution is -2.23. The zero-order valence-corrected chi connectivity index (χ0v) is 10.7. The van der Waals surface area contributed by atoms with Crippen molar-refractivity contribution < 1.29 is 14.3 Å². The summed E-state index contributed by atoms with van der Waals surface area (Å²) in [5.74, 6) is 0.348. The van der Waals surface area contributed by atoms with Crippen LogP contribution in [0.1, 0.15) is 12.8 Å². The molecule has 0 heterocycles. The molecular weight excluding hydrogens is 246 g/mol. The van der Waals surface area contributed by atoms with E-state index in [1.165, 1.54) is 7.11 Å². The lowest BCUT2D eigenvalue weighted by molar-refractivity contribution is -0.117. The zero-order chi connectivity index (χ0) is 13.8. The van der Waals surface area contributed by atoms with Gasteiger partial charge < -0.3 is 21.1 Å². The van der Waals surface area contributed by atoms with Crippen molar-refractivity contribution >= 4 is 23.2 Å². The molecule has 1 aromatic rings. The number of carbonyl (C=O) groups is 2. The van der Waals surface area contributed by atoms with Gasteiger partial charge in [0, 0.05) is 12.0 Å². The molecule has 0 unspecified atom stereocenters. The van der Waals surface area contributed by atoms with Gasteiger partial charge in [-0.2, -0.15) is 0 Å². The number of anilines is 2. The van der Waals surface area contributed by atoms with Gasteiger partial charge in [0.15, 0.2) is 0 Å². The van der Waals surface area contributed by atoms with Gasteiger partial charge in [-0.05, 0) is 25.0 Å². The van der Waals surface area contributed by atoms with Gasteiger partial charge in [-0.3, -0.25) is 9.59 Å². The van der Waals surface area contributed by atoms with E-state index in [9.17, 15) is 9.59 Å². The minimum Gasteiger partial charge on any atom is -0.497 e. The third kappa shape index (κ3) is 3.45. The number of ether oxygens (including phenoxy) is 1. The van der Waals surface area contributed by atoms with Crippen LogP contribution in [0.2, 0.25) is 0 Å². The van der Waals surface area contributed by atoms with Crippen molar-refractivity contribution in [2.45, 2.75) is 12.8 Å². The van der Waals surface area contributed by atoms with E-state index in [2.05, 4.69) is 10.6 Å². The third-order valence-corrected chi connectivity index (χ3v) is 2.89. The molecule has 1 aliphatic carbocycles. The molecule has 1 aliphatic rings. The summed E-state index contributed by atoms with van der Waals surface area (Å²) >= 11 is 0. The van der Waals surface area contributed by atoms with Gasteiger partial charge in [0.2, 0.25) is 11.8 Å². The Morgan fingerprint density at radius 3 is 2.63 bits per heavy atom. The lowest BCUT2D eigenvalue weighted by Gasteiger charge is -2.13. The molecular formula is C13H17N3O3. The molecule has 6 heteroatoms. The van der Waals surface area contributed by atoms with Crippen LogP contribution in [-0.2, 0) is 9.59 Å². The maximum Gasteiger partial charge on any atom is 0.238 e. The van der Waals surface area contributed by atoms with Crippen LogP contribution in [0.4, 0.5) is 11.4 Å². The first-order valence-electron chi connectivity index (χ1n) is 6.13. The van der Waals surface area contributed by atoms with Crippen molar-refractivity contribution in [1.82, 2.24) is 0 Å². The summed E-state index contributed by atoms with van der Waals surface area (Å²) < 4.78 is 5.09. The summed E-state index contributed by atoms with van der Waals surface area (Å²) in [6.45, 7) is -0.118. The molecule has 2 amide bonds. The second-order valence-corrected chi connectivity index (χ2v) is 4.43. The average Bonchev–Trinajstić information content (AvgIpc) is 3.24. The average molecular weight is 263 g/mol. The number of rotatable bonds is 5. The van der Waals surface area contributed by atoms with Crippen LogP contribution >= 0.6 is 0 Å². The molecule has 6 nitrogen and oxygen atoms in total. The van der Waals surface area contributed by atoms with Gasteiger partial charge in [-0.25, -0.2) is 0 Å². The van der Waals surface area contributed by atoms with E-state index in [-0.39, 0.29) is 24.3 Å². The van der Waals surface area contributed by atoms with Crippen LogP contribution in [0.5, 0.6) is 5.75 Å². The monoisotopic (exact) mass is 263 g/mol. The van der Waals surface area contributed by atoms with E-state index in [4.69, 9.17) is 10.5 Å². The topological polar surface area (TPSA) is 93.5 Å². The number of hydrogen-bond donors (Lipinski definition) is 3. The van der Waals surface area contributed by atoms with Gasteiger partial charge in [-0.15, -0.1) is 0 Å². The quantitative estimate of drug-likeness (QED) is 0.737. The Labute approximate surface area is 111 Å². The fourth-order valence-electron chi connectivity index (χ4n) is 1.64. The molecule has 1 saturated carbocycles. The maximum absolute atomic E-state index is 11.8. The summed E-state index contributed by atoms with van der Waals surface area (Å²) in [6.07, 6.45) is 1.85. The first-order chi connectivity index (χ1) is 9.13. The van der Waals surface area contributed by atoms with E-state index in [0.29, 0.717) is 17.1 Å². The second-order valence-electron chi connectivity index (χ2n) is 4.43. The second kappa shape index (κ2) is 5.71. The van der Waals surface area contributed by atoms with E-state index in [0.717, 1.165) is 12.8 Å². The Kier molecular flexibility index (Phi) is 4.01. The molecule has 1 aromatic carbocycles. The van der Waals surface area contributed by atoms with Crippen LogP contribution in [0.3, 0.4) is 0 Å². The van der Waals surface area contributed by atoms with Gasteiger partial charge in [-0.1, -0.05) is 0 Å². The van der Waals surface area contributed by atoms with Crippen LogP contribution in [0.15, 0.2) is 18.2 Å². The minimum atomic E-state index is -0.324. The smallest absolute Gasteiger partial charge is 0.238 e. The van der Waals surface area contributed by atoms with Crippen molar-refractivity contribution in [3.05, 3.63) is 18.2 Å². The summed E-state index contributed by atoms with van der Waals surface area (Å²) in [5.41, 5.74) is 6.31. The molecule has 19 heavy (non-hydrogen) atoms. The molecule has 0 bridgehead atoms. The van der Waals surface area contributed by atoms with Crippen LogP contribution in [0, 0.1) is 5.92 Å². The highest BCUT2D eigenvalue weighted by Gasteiger charge is 2.30. The number of nitrogens with two attached hydrogens (primary N) is 1. The standard InChI is InChI=1S/C13H17N3O3/c1-19-9-4-5-10(16-13(18)8-2-3-8)11(6-9)15-12(17)7-14/h4-6,8H,2-3,7,14H2,1H3,(H,15,17)(H,16,18). The van der Waals surface area contributed by atoms with E-state index in [1.54, 1.807) is 18.2 Å². The number of methoxy groups -OCH3 is 1. The van der Waals surface area contributed by atoms with Crippen molar-refractivity contribution in [2.24, 2.45) is 11.7 Å². The van der Waals surface area contributed by atoms with Gasteiger partial charge in [0.05, 0.1) is 25.0 Å². The largest absolute Gasteiger partial charge is 0.497 e. The number of carbonyl (C=O) groups excluding carboxylic acids is 2. The number of benzene rings is 1. The van der Waals surface area contributed by atoms with Gasteiger partial charge in [0.25, 0.3) is 0 Å². The Hall–Kier alpha value is -2.08. The number of amides is 2. The van der Waals surface area contributed by atoms with Crippen molar-refractivity contribution in [2.75, 3.05) is 24.3 Å². The highest BCUT2D eigenvalue weighted by atomic mass is 16.5. The Bertz CT molecular complexity index is 498. The van der Waals surface area contributed by atoms with Crippen LogP contribution in [-0.4, -0.2) is 25.5 Å². The Balaban J connectivity index is 2.19. The summed E-state index contributed by atoms with van der Waals surface area (Å²) in [5, 5.41) is 5.44. The molecule has 0 spiro atoms. The third-order valence-electron chi connectivity index (χ3n) is 2.89. The SMILES string of the molecule is COc1ccc(NC(=O)C2CC2)c(NC(=O)CN)c1. The summed E-state index contributed by atoms with van der Waals surface area (Å²) in [4.78, 5) is 23.1. The van der Waals surface area contributed by atoms with Crippen molar-refractivity contribution in [3.8, 4) is 5.75 Å². The fourth-order valence-corrected chi connectivity index (χ4v) is 1.64. The van der Waals surface area contributed by atoms with E-state index >= 15 is 0 Å². The molecule has 0 aromatic heterocycles. The van der Waals surface area contributed by atoms with E-state index < -0.39 is 0 Å². The van der Waals surface area contributed by atoms with E-state index in [1.807, 2.05) is 0 Å².